The number of hydrogen-bond acceptors (Lipinski definition) is 6. The Labute approximate surface area is 188 Å². The largest absolute Gasteiger partial charge is 0.508 e. The van der Waals surface area contributed by atoms with E-state index in [1.54, 1.807) is 42.7 Å². The van der Waals surface area contributed by atoms with E-state index in [4.69, 9.17) is 9.47 Å². The molecule has 0 radical (unpaired) electrons. The Morgan fingerprint density at radius 2 is 1.72 bits per heavy atom. The molecule has 1 aromatic carbocycles. The van der Waals surface area contributed by atoms with Crippen molar-refractivity contribution >= 4 is 17.9 Å². The van der Waals surface area contributed by atoms with Crippen LogP contribution < -0.4 is 5.32 Å². The second-order valence-corrected chi connectivity index (χ2v) is 9.24. The molecule has 1 aromatic rings. The lowest BCUT2D eigenvalue weighted by molar-refractivity contribution is -0.137. The smallest absolute Gasteiger partial charge is 0.408 e. The number of piperazine rings is 1. The minimum atomic E-state index is -0.693. The Bertz CT molecular complexity index is 823. The Morgan fingerprint density at radius 3 is 2.31 bits per heavy atom. The average molecular weight is 448 g/mol. The van der Waals surface area contributed by atoms with E-state index >= 15 is 0 Å². The number of hydrogen-bond donors (Lipinski definition) is 2. The van der Waals surface area contributed by atoms with Crippen molar-refractivity contribution in [1.29, 1.82) is 0 Å². The van der Waals surface area contributed by atoms with Gasteiger partial charge in [0.05, 0.1) is 0 Å². The van der Waals surface area contributed by atoms with Crippen LogP contribution in [0.5, 0.6) is 5.75 Å². The normalized spacial score (nSPS) is 18.7. The maximum Gasteiger partial charge on any atom is 0.408 e. The van der Waals surface area contributed by atoms with Crippen molar-refractivity contribution in [3.8, 4) is 5.75 Å². The summed E-state index contributed by atoms with van der Waals surface area (Å²) in [6.45, 7) is 7.95. The van der Waals surface area contributed by atoms with Gasteiger partial charge in [-0.1, -0.05) is 6.07 Å². The number of rotatable bonds is 4. The molecule has 3 rings (SSSR count). The van der Waals surface area contributed by atoms with Crippen molar-refractivity contribution in [3.63, 3.8) is 0 Å². The van der Waals surface area contributed by atoms with Crippen LogP contribution in [0.1, 0.15) is 44.0 Å². The summed E-state index contributed by atoms with van der Waals surface area (Å²) in [5, 5.41) is 12.4. The third-order valence-corrected chi connectivity index (χ3v) is 5.65. The van der Waals surface area contributed by atoms with Crippen LogP contribution in [0.3, 0.4) is 0 Å². The molecule has 9 nitrogen and oxygen atoms in total. The van der Waals surface area contributed by atoms with Crippen molar-refractivity contribution in [1.82, 2.24) is 15.1 Å². The number of nitrogens with one attached hydrogen (secondary N) is 1. The highest BCUT2D eigenvalue weighted by atomic mass is 16.6. The molecule has 2 N–H and O–H groups in total. The monoisotopic (exact) mass is 447 g/mol. The SMILES string of the molecule is CC(C)(C)OC(=O)NC(C(=O)N1CCN(C(=O)c2cccc(O)c2)CC1)C1CCOCC1. The van der Waals surface area contributed by atoms with Gasteiger partial charge >= 0.3 is 6.09 Å². The van der Waals surface area contributed by atoms with Crippen LogP contribution in [0.25, 0.3) is 0 Å². The second kappa shape index (κ2) is 10.2. The summed E-state index contributed by atoms with van der Waals surface area (Å²) < 4.78 is 10.8. The third kappa shape index (κ3) is 6.35. The molecule has 2 aliphatic rings. The molecule has 1 unspecified atom stereocenters. The van der Waals surface area contributed by atoms with E-state index in [9.17, 15) is 19.5 Å². The first-order valence-electron chi connectivity index (χ1n) is 11.1. The van der Waals surface area contributed by atoms with E-state index in [1.807, 2.05) is 0 Å². The molecule has 1 atom stereocenters. The summed E-state index contributed by atoms with van der Waals surface area (Å²) in [4.78, 5) is 41.9. The molecule has 0 aliphatic carbocycles. The van der Waals surface area contributed by atoms with Crippen LogP contribution in [-0.4, -0.2) is 83.8 Å². The minimum absolute atomic E-state index is 0.0317. The number of phenolic OH excluding ortho intramolecular Hbond substituents is 1. The molecule has 2 heterocycles. The lowest BCUT2D eigenvalue weighted by Gasteiger charge is -2.39. The highest BCUT2D eigenvalue weighted by Crippen LogP contribution is 2.22. The highest BCUT2D eigenvalue weighted by molar-refractivity contribution is 5.95. The lowest BCUT2D eigenvalue weighted by atomic mass is 9.90. The summed E-state index contributed by atoms with van der Waals surface area (Å²) in [5.41, 5.74) is -0.248. The molecule has 9 heteroatoms. The summed E-state index contributed by atoms with van der Waals surface area (Å²) in [6.07, 6.45) is 0.754. The van der Waals surface area contributed by atoms with E-state index in [1.165, 1.54) is 12.1 Å². The zero-order valence-corrected chi connectivity index (χ0v) is 19.0. The molecule has 176 valence electrons. The standard InChI is InChI=1S/C23H33N3O6/c1-23(2,3)32-22(30)24-19(16-7-13-31-14-8-16)21(29)26-11-9-25(10-12-26)20(28)17-5-4-6-18(27)15-17/h4-6,15-16,19,27H,7-14H2,1-3H3,(H,24,30). The molecule has 32 heavy (non-hydrogen) atoms. The Hall–Kier alpha value is -2.81. The van der Waals surface area contributed by atoms with Gasteiger partial charge in [-0.25, -0.2) is 4.79 Å². The molecule has 2 fully saturated rings. The number of phenols is 1. The maximum atomic E-state index is 13.4. The van der Waals surface area contributed by atoms with Gasteiger partial charge < -0.3 is 29.7 Å². The molecule has 3 amide bonds. The van der Waals surface area contributed by atoms with Gasteiger partial charge in [0.2, 0.25) is 5.91 Å². The van der Waals surface area contributed by atoms with Gasteiger partial charge in [0.25, 0.3) is 5.91 Å². The number of benzene rings is 1. The first-order chi connectivity index (χ1) is 15.1. The highest BCUT2D eigenvalue weighted by Gasteiger charge is 2.36. The molecule has 2 saturated heterocycles. The van der Waals surface area contributed by atoms with Crippen LogP contribution in [0.15, 0.2) is 24.3 Å². The number of aromatic hydroxyl groups is 1. The van der Waals surface area contributed by atoms with E-state index in [0.717, 1.165) is 0 Å². The number of alkyl carbamates (subject to hydrolysis) is 1. The first kappa shape index (κ1) is 23.8. The summed E-state index contributed by atoms with van der Waals surface area (Å²) in [7, 11) is 0. The third-order valence-electron chi connectivity index (χ3n) is 5.65. The van der Waals surface area contributed by atoms with Crippen LogP contribution in [0, 0.1) is 5.92 Å². The van der Waals surface area contributed by atoms with Crippen molar-refractivity contribution in [3.05, 3.63) is 29.8 Å². The zero-order chi connectivity index (χ0) is 23.3. The van der Waals surface area contributed by atoms with Crippen molar-refractivity contribution in [2.24, 2.45) is 5.92 Å². The van der Waals surface area contributed by atoms with Crippen LogP contribution in [-0.2, 0) is 14.3 Å². The van der Waals surface area contributed by atoms with E-state index in [-0.39, 0.29) is 23.5 Å². The minimum Gasteiger partial charge on any atom is -0.508 e. The fourth-order valence-electron chi connectivity index (χ4n) is 4.01. The number of ether oxygens (including phenoxy) is 2. The van der Waals surface area contributed by atoms with E-state index < -0.39 is 17.7 Å². The molecular weight excluding hydrogens is 414 g/mol. The van der Waals surface area contributed by atoms with Gasteiger partial charge in [-0.2, -0.15) is 0 Å². The van der Waals surface area contributed by atoms with Crippen molar-refractivity contribution in [2.75, 3.05) is 39.4 Å². The molecule has 0 saturated carbocycles. The van der Waals surface area contributed by atoms with E-state index in [0.29, 0.717) is 57.8 Å². The average Bonchev–Trinajstić information content (AvgIpc) is 2.76. The second-order valence-electron chi connectivity index (χ2n) is 9.24. The van der Waals surface area contributed by atoms with Crippen molar-refractivity contribution in [2.45, 2.75) is 45.3 Å². The van der Waals surface area contributed by atoms with Crippen LogP contribution in [0.4, 0.5) is 4.79 Å². The van der Waals surface area contributed by atoms with E-state index in [2.05, 4.69) is 5.32 Å². The molecular formula is C23H33N3O6. The Balaban J connectivity index is 1.63. The molecule has 0 aromatic heterocycles. The summed E-state index contributed by atoms with van der Waals surface area (Å²) in [5.74, 6) is -0.332. The number of carbonyl (C=O) groups is 3. The summed E-state index contributed by atoms with van der Waals surface area (Å²) in [6, 6.07) is 5.55. The predicted molar refractivity (Wildman–Crippen MR) is 117 cm³/mol. The van der Waals surface area contributed by atoms with Gasteiger partial charge in [-0.05, 0) is 57.7 Å². The summed E-state index contributed by atoms with van der Waals surface area (Å²) >= 11 is 0. The van der Waals surface area contributed by atoms with Gasteiger partial charge in [0.15, 0.2) is 0 Å². The fourth-order valence-corrected chi connectivity index (χ4v) is 4.01. The number of nitrogens with zero attached hydrogens (tertiary/aromatic N) is 2. The first-order valence-corrected chi connectivity index (χ1v) is 11.1. The van der Waals surface area contributed by atoms with Gasteiger partial charge in [0.1, 0.15) is 17.4 Å². The number of carbonyl (C=O) groups excluding carboxylic acids is 3. The molecule has 2 aliphatic heterocycles. The lowest BCUT2D eigenvalue weighted by Crippen LogP contribution is -2.58. The van der Waals surface area contributed by atoms with Crippen molar-refractivity contribution < 1.29 is 29.0 Å². The van der Waals surface area contributed by atoms with Gasteiger partial charge in [-0.3, -0.25) is 9.59 Å². The fraction of sp³-hybridized carbons (Fsp3) is 0.609. The topological polar surface area (TPSA) is 108 Å². The Morgan fingerprint density at radius 1 is 1.09 bits per heavy atom. The quantitative estimate of drug-likeness (QED) is 0.731. The van der Waals surface area contributed by atoms with Gasteiger partial charge in [0, 0.05) is 45.0 Å². The Kier molecular flexibility index (Phi) is 7.60. The van der Waals surface area contributed by atoms with Crippen LogP contribution >= 0.6 is 0 Å². The molecule has 0 spiro atoms. The number of amides is 3. The zero-order valence-electron chi connectivity index (χ0n) is 19.0. The maximum absolute atomic E-state index is 13.4. The predicted octanol–water partition coefficient (Wildman–Crippen LogP) is 2.00. The van der Waals surface area contributed by atoms with Crippen LogP contribution in [0.2, 0.25) is 0 Å². The molecule has 0 bridgehead atoms. The van der Waals surface area contributed by atoms with Gasteiger partial charge in [-0.15, -0.1) is 0 Å².